The number of aromatic nitrogens is 2. The van der Waals surface area contributed by atoms with Crippen molar-refractivity contribution >= 4 is 11.9 Å². The van der Waals surface area contributed by atoms with Gasteiger partial charge in [-0.15, -0.1) is 5.10 Å². The number of carbonyl (C=O) groups is 1. The lowest BCUT2D eigenvalue weighted by Gasteiger charge is -2.28. The molecule has 0 unspecified atom stereocenters. The van der Waals surface area contributed by atoms with E-state index in [1.165, 1.54) is 12.5 Å². The van der Waals surface area contributed by atoms with E-state index in [1.54, 1.807) is 19.1 Å². The van der Waals surface area contributed by atoms with Crippen LogP contribution in [0.2, 0.25) is 0 Å². The lowest BCUT2D eigenvalue weighted by molar-refractivity contribution is -0.130. The second-order valence-electron chi connectivity index (χ2n) is 8.05. The number of hydrogen-bond donors (Lipinski definition) is 0. The van der Waals surface area contributed by atoms with Gasteiger partial charge in [0.1, 0.15) is 5.82 Å². The zero-order valence-electron chi connectivity index (χ0n) is 15.3. The quantitative estimate of drug-likeness (QED) is 0.831. The number of fused-ring (bicyclic) bond motifs is 1. The van der Waals surface area contributed by atoms with Crippen molar-refractivity contribution in [3.63, 3.8) is 0 Å². The van der Waals surface area contributed by atoms with Crippen molar-refractivity contribution in [2.45, 2.75) is 38.1 Å². The minimum absolute atomic E-state index is 0.0373. The van der Waals surface area contributed by atoms with E-state index in [0.29, 0.717) is 24.4 Å². The number of anilines is 1. The van der Waals surface area contributed by atoms with Gasteiger partial charge in [-0.1, -0.05) is 23.7 Å². The molecule has 27 heavy (non-hydrogen) atoms. The zero-order valence-corrected chi connectivity index (χ0v) is 15.3. The highest BCUT2D eigenvalue weighted by Gasteiger charge is 2.49. The number of halogens is 1. The first kappa shape index (κ1) is 16.7. The van der Waals surface area contributed by atoms with Crippen LogP contribution in [0.25, 0.3) is 0 Å². The molecule has 3 heterocycles. The summed E-state index contributed by atoms with van der Waals surface area (Å²) in [5.74, 6) is 1.49. The first-order chi connectivity index (χ1) is 13.1. The predicted octanol–water partition coefficient (Wildman–Crippen LogP) is 3.13. The monoisotopic (exact) mass is 370 g/mol. The van der Waals surface area contributed by atoms with Gasteiger partial charge in [0, 0.05) is 44.3 Å². The van der Waals surface area contributed by atoms with E-state index in [9.17, 15) is 9.18 Å². The Morgan fingerprint density at radius 1 is 1.22 bits per heavy atom. The summed E-state index contributed by atoms with van der Waals surface area (Å²) in [5, 5.41) is 8.50. The molecule has 1 saturated carbocycles. The van der Waals surface area contributed by atoms with Gasteiger partial charge in [0.25, 0.3) is 0 Å². The molecule has 7 heteroatoms. The molecule has 6 nitrogen and oxygen atoms in total. The number of benzene rings is 1. The molecule has 0 N–H and O–H groups in total. The highest BCUT2D eigenvalue weighted by atomic mass is 19.1. The largest absolute Gasteiger partial charge is 0.408 e. The smallest absolute Gasteiger partial charge is 0.318 e. The summed E-state index contributed by atoms with van der Waals surface area (Å²) in [7, 11) is 0. The summed E-state index contributed by atoms with van der Waals surface area (Å²) in [5.41, 5.74) is 0.861. The van der Waals surface area contributed by atoms with Gasteiger partial charge in [-0.3, -0.25) is 4.79 Å². The molecule has 0 bridgehead atoms. The van der Waals surface area contributed by atoms with Gasteiger partial charge in [0.2, 0.25) is 11.8 Å². The van der Waals surface area contributed by atoms with Crippen molar-refractivity contribution in [2.75, 3.05) is 24.5 Å². The molecule has 2 saturated heterocycles. The van der Waals surface area contributed by atoms with Gasteiger partial charge in [-0.2, -0.15) is 0 Å². The maximum absolute atomic E-state index is 13.8. The molecular weight excluding hydrogens is 347 g/mol. The van der Waals surface area contributed by atoms with Crippen LogP contribution in [-0.2, 0) is 4.79 Å². The minimum atomic E-state index is -0.267. The van der Waals surface area contributed by atoms with E-state index in [4.69, 9.17) is 4.42 Å². The van der Waals surface area contributed by atoms with Gasteiger partial charge in [-0.25, -0.2) is 4.39 Å². The van der Waals surface area contributed by atoms with Crippen LogP contribution in [0.1, 0.15) is 49.6 Å². The molecule has 3 atom stereocenters. The fourth-order valence-corrected chi connectivity index (χ4v) is 4.82. The fourth-order valence-electron chi connectivity index (χ4n) is 4.82. The molecule has 0 spiro atoms. The fraction of sp³-hybridized carbons (Fsp3) is 0.550. The minimum Gasteiger partial charge on any atom is -0.408 e. The molecule has 1 aromatic carbocycles. The number of rotatable bonds is 3. The average molecular weight is 370 g/mol. The molecule has 3 fully saturated rings. The Balaban J connectivity index is 1.39. The van der Waals surface area contributed by atoms with Crippen molar-refractivity contribution in [3.05, 3.63) is 41.5 Å². The molecule has 142 valence electrons. The lowest BCUT2D eigenvalue weighted by Crippen LogP contribution is -2.34. The number of nitrogens with zero attached hydrogens (tertiary/aromatic N) is 4. The molecule has 2 aromatic rings. The Morgan fingerprint density at radius 2 is 2.07 bits per heavy atom. The number of hydrogen-bond acceptors (Lipinski definition) is 5. The van der Waals surface area contributed by atoms with E-state index in [2.05, 4.69) is 15.1 Å². The van der Waals surface area contributed by atoms with Gasteiger partial charge in [0.15, 0.2) is 0 Å². The molecule has 1 aliphatic carbocycles. The van der Waals surface area contributed by atoms with E-state index in [-0.39, 0.29) is 23.7 Å². The van der Waals surface area contributed by atoms with Gasteiger partial charge in [0.05, 0.1) is 6.04 Å². The van der Waals surface area contributed by atoms with Crippen molar-refractivity contribution in [1.82, 2.24) is 15.1 Å². The molecule has 1 aromatic heterocycles. The summed E-state index contributed by atoms with van der Waals surface area (Å²) < 4.78 is 19.7. The Morgan fingerprint density at radius 3 is 2.78 bits per heavy atom. The van der Waals surface area contributed by atoms with Crippen molar-refractivity contribution in [2.24, 2.45) is 11.8 Å². The third-order valence-electron chi connectivity index (χ3n) is 6.41. The first-order valence-corrected chi connectivity index (χ1v) is 9.71. The lowest BCUT2D eigenvalue weighted by atomic mass is 9.85. The van der Waals surface area contributed by atoms with Crippen LogP contribution in [0.3, 0.4) is 0 Å². The topological polar surface area (TPSA) is 62.5 Å². The maximum atomic E-state index is 13.8. The summed E-state index contributed by atoms with van der Waals surface area (Å²) >= 11 is 0. The third kappa shape index (κ3) is 2.80. The molecule has 3 aliphatic rings. The summed E-state index contributed by atoms with van der Waals surface area (Å²) in [6.07, 6.45) is 3.48. The SMILES string of the molecule is CC(=O)N1C[C@H]2CN(c3nnc(C4CCC4)o3)C[C@H]2[C@@H]1c1cccc(F)c1. The summed E-state index contributed by atoms with van der Waals surface area (Å²) in [6, 6.07) is 7.09. The first-order valence-electron chi connectivity index (χ1n) is 9.71. The second kappa shape index (κ2) is 6.32. The molecule has 2 aliphatic heterocycles. The molecule has 0 radical (unpaired) electrons. The van der Waals surface area contributed by atoms with E-state index in [0.717, 1.165) is 37.4 Å². The standard InChI is InChI=1S/C20H23FN4O2/c1-12(26)25-10-15-9-24(20-23-22-19(27-20)13-4-2-5-13)11-17(15)18(25)14-6-3-7-16(21)8-14/h3,6-8,13,15,17-18H,2,4-5,9-11H2,1H3/t15-,17-,18+/m1/s1. The summed E-state index contributed by atoms with van der Waals surface area (Å²) in [6.45, 7) is 3.80. The van der Waals surface area contributed by atoms with Crippen molar-refractivity contribution in [3.8, 4) is 0 Å². The van der Waals surface area contributed by atoms with E-state index < -0.39 is 0 Å². The highest BCUT2D eigenvalue weighted by molar-refractivity contribution is 5.74. The number of amides is 1. The van der Waals surface area contributed by atoms with Gasteiger partial charge in [-0.05, 0) is 30.5 Å². The van der Waals surface area contributed by atoms with E-state index >= 15 is 0 Å². The van der Waals surface area contributed by atoms with Crippen LogP contribution >= 0.6 is 0 Å². The van der Waals surface area contributed by atoms with Gasteiger partial charge < -0.3 is 14.2 Å². The molecule has 1 amide bonds. The highest BCUT2D eigenvalue weighted by Crippen LogP contribution is 2.46. The predicted molar refractivity (Wildman–Crippen MR) is 96.6 cm³/mol. The van der Waals surface area contributed by atoms with Crippen LogP contribution in [-0.4, -0.2) is 40.6 Å². The van der Waals surface area contributed by atoms with Crippen LogP contribution in [0.5, 0.6) is 0 Å². The third-order valence-corrected chi connectivity index (χ3v) is 6.41. The van der Waals surface area contributed by atoms with E-state index in [1.807, 2.05) is 11.0 Å². The van der Waals surface area contributed by atoms with Crippen molar-refractivity contribution in [1.29, 1.82) is 0 Å². The Bertz CT molecular complexity index is 865. The second-order valence-corrected chi connectivity index (χ2v) is 8.05. The molecule has 5 rings (SSSR count). The van der Waals surface area contributed by atoms with Crippen LogP contribution in [0.4, 0.5) is 10.4 Å². The van der Waals surface area contributed by atoms with Crippen LogP contribution in [0, 0.1) is 17.7 Å². The van der Waals surface area contributed by atoms with Crippen molar-refractivity contribution < 1.29 is 13.6 Å². The van der Waals surface area contributed by atoms with Crippen LogP contribution in [0.15, 0.2) is 28.7 Å². The maximum Gasteiger partial charge on any atom is 0.318 e. The zero-order chi connectivity index (χ0) is 18.5. The number of carbonyl (C=O) groups excluding carboxylic acids is 1. The summed E-state index contributed by atoms with van der Waals surface area (Å²) in [4.78, 5) is 16.2. The Kier molecular flexibility index (Phi) is 3.91. The Hall–Kier alpha value is -2.44. The van der Waals surface area contributed by atoms with Crippen LogP contribution < -0.4 is 4.90 Å². The van der Waals surface area contributed by atoms with Gasteiger partial charge >= 0.3 is 6.01 Å². The normalized spacial score (nSPS) is 27.7. The number of likely N-dealkylation sites (tertiary alicyclic amines) is 1. The average Bonchev–Trinajstić information content (AvgIpc) is 3.26. The Labute approximate surface area is 157 Å². The molecular formula is C20H23FN4O2.